The second-order valence-electron chi connectivity index (χ2n) is 8.30. The first-order chi connectivity index (χ1) is 17.0. The zero-order valence-electron chi connectivity index (χ0n) is 18.9. The van der Waals surface area contributed by atoms with Gasteiger partial charge in [0.15, 0.2) is 0 Å². The van der Waals surface area contributed by atoms with Crippen LogP contribution in [0.25, 0.3) is 21.3 Å². The van der Waals surface area contributed by atoms with Gasteiger partial charge in [0.2, 0.25) is 0 Å². The van der Waals surface area contributed by atoms with E-state index in [2.05, 4.69) is 44.2 Å². The summed E-state index contributed by atoms with van der Waals surface area (Å²) in [7, 11) is 0. The van der Waals surface area contributed by atoms with Gasteiger partial charge in [-0.2, -0.15) is 5.10 Å². The summed E-state index contributed by atoms with van der Waals surface area (Å²) in [4.78, 5) is 6.72. The Morgan fingerprint density at radius 1 is 1.20 bits per heavy atom. The lowest BCUT2D eigenvalue weighted by atomic mass is 10.00. The maximum atomic E-state index is 9.60. The number of halogens is 1. The van der Waals surface area contributed by atoms with E-state index in [4.69, 9.17) is 17.3 Å². The third-order valence-corrected chi connectivity index (χ3v) is 8.26. The molecule has 9 heteroatoms. The summed E-state index contributed by atoms with van der Waals surface area (Å²) in [5.41, 5.74) is 10.7. The maximum absolute atomic E-state index is 9.60. The Hall–Kier alpha value is -2.88. The monoisotopic (exact) mass is 521 g/mol. The number of H-pyrrole nitrogens is 1. The molecule has 0 saturated carbocycles. The highest BCUT2D eigenvalue weighted by molar-refractivity contribution is 7.97. The van der Waals surface area contributed by atoms with Crippen LogP contribution in [0, 0.1) is 0 Å². The largest absolute Gasteiger partial charge is 0.399 e. The first-order valence-electron chi connectivity index (χ1n) is 11.1. The van der Waals surface area contributed by atoms with Crippen molar-refractivity contribution >= 4 is 50.7 Å². The fraction of sp³-hybridized carbons (Fsp3) is 0.154. The topological polar surface area (TPSA) is 99.9 Å². The molecule has 0 fully saturated rings. The second kappa shape index (κ2) is 10.4. The van der Waals surface area contributed by atoms with Crippen molar-refractivity contribution in [3.63, 3.8) is 0 Å². The van der Waals surface area contributed by atoms with Crippen LogP contribution in [0.1, 0.15) is 34.9 Å². The minimum Gasteiger partial charge on any atom is -0.399 e. The van der Waals surface area contributed by atoms with Crippen molar-refractivity contribution in [3.05, 3.63) is 94.2 Å². The fourth-order valence-electron chi connectivity index (χ4n) is 3.91. The molecule has 0 radical (unpaired) electrons. The van der Waals surface area contributed by atoms with Crippen LogP contribution in [0.2, 0.25) is 5.02 Å². The van der Waals surface area contributed by atoms with Gasteiger partial charge in [0.05, 0.1) is 22.8 Å². The van der Waals surface area contributed by atoms with Crippen molar-refractivity contribution in [2.24, 2.45) is 0 Å². The van der Waals surface area contributed by atoms with E-state index >= 15 is 0 Å². The number of aliphatic hydroxyl groups is 1. The van der Waals surface area contributed by atoms with Gasteiger partial charge in [-0.3, -0.25) is 10.1 Å². The number of hydrogen-bond donors (Lipinski definition) is 4. The van der Waals surface area contributed by atoms with Gasteiger partial charge >= 0.3 is 0 Å². The Balaban J connectivity index is 1.59. The van der Waals surface area contributed by atoms with Crippen LogP contribution in [0.3, 0.4) is 0 Å². The standard InChI is InChI=1S/C26H24ClN5OS2/c1-15(14-33)16-7-8-29-23(9-16)20-4-2-3-17-10-24(34-26(17)20)25(32-35-19-12-30-31-13-19)21-11-18(28)5-6-22(21)27/h2-13,15,25,32-33H,14,28H2,1H3,(H,30,31). The summed E-state index contributed by atoms with van der Waals surface area (Å²) in [5.74, 6) is 0.0501. The van der Waals surface area contributed by atoms with Gasteiger partial charge in [-0.1, -0.05) is 36.7 Å². The Kier molecular flexibility index (Phi) is 7.08. The summed E-state index contributed by atoms with van der Waals surface area (Å²) in [6.07, 6.45) is 5.41. The highest BCUT2D eigenvalue weighted by Gasteiger charge is 2.22. The van der Waals surface area contributed by atoms with Gasteiger partial charge in [0.25, 0.3) is 0 Å². The molecule has 0 aliphatic rings. The molecule has 0 saturated heterocycles. The maximum Gasteiger partial charge on any atom is 0.0783 e. The van der Waals surface area contributed by atoms with E-state index in [9.17, 15) is 5.11 Å². The minimum atomic E-state index is -0.190. The highest BCUT2D eigenvalue weighted by atomic mass is 35.5. The lowest BCUT2D eigenvalue weighted by molar-refractivity contribution is 0.273. The van der Waals surface area contributed by atoms with E-state index < -0.39 is 0 Å². The first kappa shape index (κ1) is 23.8. The van der Waals surface area contributed by atoms with Crippen LogP contribution in [0.15, 0.2) is 78.1 Å². The molecule has 178 valence electrons. The average molecular weight is 522 g/mol. The molecular formula is C26H24ClN5OS2. The lowest BCUT2D eigenvalue weighted by Gasteiger charge is -2.18. The van der Waals surface area contributed by atoms with Crippen molar-refractivity contribution in [3.8, 4) is 11.3 Å². The molecule has 0 bridgehead atoms. The molecule has 5 rings (SSSR count). The zero-order chi connectivity index (χ0) is 24.4. The van der Waals surface area contributed by atoms with Gasteiger partial charge in [0, 0.05) is 50.8 Å². The third kappa shape index (κ3) is 5.07. The molecule has 35 heavy (non-hydrogen) atoms. The number of nitrogens with zero attached hydrogens (tertiary/aromatic N) is 2. The smallest absolute Gasteiger partial charge is 0.0783 e. The fourth-order valence-corrected chi connectivity index (χ4v) is 6.19. The first-order valence-corrected chi connectivity index (χ1v) is 13.1. The zero-order valence-corrected chi connectivity index (χ0v) is 21.3. The Morgan fingerprint density at radius 3 is 2.89 bits per heavy atom. The van der Waals surface area contributed by atoms with E-state index in [1.165, 1.54) is 11.9 Å². The van der Waals surface area contributed by atoms with Gasteiger partial charge in [-0.15, -0.1) is 11.3 Å². The van der Waals surface area contributed by atoms with Crippen molar-refractivity contribution < 1.29 is 5.11 Å². The quantitative estimate of drug-likeness (QED) is 0.139. The number of pyridine rings is 1. The van der Waals surface area contributed by atoms with E-state index in [1.54, 1.807) is 23.6 Å². The number of aromatic amines is 1. The Labute approximate surface area is 216 Å². The lowest BCUT2D eigenvalue weighted by Crippen LogP contribution is -2.15. The van der Waals surface area contributed by atoms with E-state index in [0.29, 0.717) is 10.7 Å². The second-order valence-corrected chi connectivity index (χ2v) is 10.7. The summed E-state index contributed by atoms with van der Waals surface area (Å²) in [6, 6.07) is 17.8. The summed E-state index contributed by atoms with van der Waals surface area (Å²) < 4.78 is 4.70. The number of nitrogen functional groups attached to an aromatic ring is 1. The number of aromatic nitrogens is 3. The van der Waals surface area contributed by atoms with Gasteiger partial charge in [0.1, 0.15) is 0 Å². The van der Waals surface area contributed by atoms with Crippen molar-refractivity contribution in [2.75, 3.05) is 12.3 Å². The predicted molar refractivity (Wildman–Crippen MR) is 146 cm³/mol. The number of aliphatic hydroxyl groups excluding tert-OH is 1. The highest BCUT2D eigenvalue weighted by Crippen LogP contribution is 2.41. The van der Waals surface area contributed by atoms with Crippen LogP contribution in [0.4, 0.5) is 5.69 Å². The number of benzene rings is 2. The summed E-state index contributed by atoms with van der Waals surface area (Å²) in [6.45, 7) is 2.10. The van der Waals surface area contributed by atoms with Gasteiger partial charge < -0.3 is 10.8 Å². The molecule has 2 atom stereocenters. The molecule has 0 amide bonds. The molecule has 5 aromatic rings. The number of anilines is 1. The van der Waals surface area contributed by atoms with E-state index in [0.717, 1.165) is 42.2 Å². The SMILES string of the molecule is CC(CO)c1ccnc(-c2cccc3cc(C(NSc4cn[nH]c4)c4cc(N)ccc4Cl)sc23)c1. The number of rotatable bonds is 8. The normalized spacial score (nSPS) is 13.2. The summed E-state index contributed by atoms with van der Waals surface area (Å²) in [5, 5.41) is 18.3. The molecule has 5 N–H and O–H groups in total. The van der Waals surface area contributed by atoms with Gasteiger partial charge in [-0.05, 0) is 64.9 Å². The molecule has 2 unspecified atom stereocenters. The average Bonchev–Trinajstić information content (AvgIpc) is 3.55. The molecular weight excluding hydrogens is 498 g/mol. The van der Waals surface area contributed by atoms with Crippen molar-refractivity contribution in [2.45, 2.75) is 23.8 Å². The van der Waals surface area contributed by atoms with Crippen molar-refractivity contribution in [1.82, 2.24) is 19.9 Å². The van der Waals surface area contributed by atoms with Crippen LogP contribution < -0.4 is 10.5 Å². The predicted octanol–water partition coefficient (Wildman–Crippen LogP) is 6.40. The molecule has 2 aromatic carbocycles. The summed E-state index contributed by atoms with van der Waals surface area (Å²) >= 11 is 9.83. The Morgan fingerprint density at radius 2 is 2.09 bits per heavy atom. The van der Waals surface area contributed by atoms with Gasteiger partial charge in [-0.25, -0.2) is 4.72 Å². The molecule has 6 nitrogen and oxygen atoms in total. The number of thiophene rings is 1. The Bertz CT molecular complexity index is 1450. The molecule has 0 spiro atoms. The van der Waals surface area contributed by atoms with Crippen LogP contribution in [-0.2, 0) is 0 Å². The van der Waals surface area contributed by atoms with E-state index in [1.807, 2.05) is 43.6 Å². The number of fused-ring (bicyclic) bond motifs is 1. The number of nitrogens with two attached hydrogens (primary N) is 1. The molecule has 3 aromatic heterocycles. The van der Waals surface area contributed by atoms with Crippen molar-refractivity contribution in [1.29, 1.82) is 0 Å². The van der Waals surface area contributed by atoms with Crippen LogP contribution in [-0.4, -0.2) is 26.9 Å². The number of hydrogen-bond acceptors (Lipinski definition) is 7. The van der Waals surface area contributed by atoms with E-state index in [-0.39, 0.29) is 18.6 Å². The molecule has 0 aliphatic heterocycles. The minimum absolute atomic E-state index is 0.0501. The van der Waals surface area contributed by atoms with Crippen LogP contribution >= 0.6 is 34.9 Å². The molecule has 0 aliphatic carbocycles. The third-order valence-electron chi connectivity index (χ3n) is 5.85. The van der Waals surface area contributed by atoms with Crippen LogP contribution in [0.5, 0.6) is 0 Å². The molecule has 3 heterocycles. The number of nitrogens with one attached hydrogen (secondary N) is 2.